The molecule has 4 aromatic heterocycles. The number of hydrogen-bond donors (Lipinski definition) is 12. The first-order valence-corrected chi connectivity index (χ1v) is 57.4. The van der Waals surface area contributed by atoms with E-state index in [1.165, 1.54) is 67.6 Å². The number of benzene rings is 7. The summed E-state index contributed by atoms with van der Waals surface area (Å²) >= 11 is 25.1. The molecule has 738 valence electrons. The van der Waals surface area contributed by atoms with Crippen LogP contribution >= 0.6 is 75.4 Å². The lowest BCUT2D eigenvalue weighted by atomic mass is 9.84. The number of primary sulfonamides is 1. The summed E-state index contributed by atoms with van der Waals surface area (Å²) in [5.41, 5.74) is 10.4. The van der Waals surface area contributed by atoms with Gasteiger partial charge in [0.05, 0.1) is 117 Å². The molecule has 1 saturated carbocycles. The topological polar surface area (TPSA) is 505 Å². The van der Waals surface area contributed by atoms with Crippen molar-refractivity contribution in [3.8, 4) is 23.0 Å². The molecule has 2 atom stereocenters. The van der Waals surface area contributed by atoms with Crippen LogP contribution in [0.25, 0.3) is 0 Å². The minimum atomic E-state index is -4.42. The van der Waals surface area contributed by atoms with Crippen molar-refractivity contribution in [2.24, 2.45) is 16.8 Å². The molecule has 4 fully saturated rings. The highest BCUT2D eigenvalue weighted by Gasteiger charge is 2.34. The first-order chi connectivity index (χ1) is 65.5. The van der Waals surface area contributed by atoms with E-state index in [1.54, 1.807) is 145 Å². The zero-order chi connectivity index (χ0) is 99.6. The molecule has 3 aliphatic heterocycles. The number of morpholine rings is 1. The minimum absolute atomic E-state index is 0.0376. The van der Waals surface area contributed by atoms with Gasteiger partial charge >= 0.3 is 7.60 Å². The van der Waals surface area contributed by atoms with Gasteiger partial charge in [-0.05, 0) is 169 Å². The number of carbonyl (C=O) groups is 1. The van der Waals surface area contributed by atoms with Crippen LogP contribution in [0, 0.1) is 5.92 Å². The number of nitrogens with zero attached hydrogens (tertiary/aromatic N) is 12. The number of carbonyl (C=O) groups excluding carboxylic acids is 1. The Kier molecular flexibility index (Phi) is 36.3. The number of nitrogens with two attached hydrogens (primary N) is 2. The van der Waals surface area contributed by atoms with Crippen LogP contribution in [0.15, 0.2) is 180 Å². The summed E-state index contributed by atoms with van der Waals surface area (Å²) in [5.74, 6) is 3.69. The summed E-state index contributed by atoms with van der Waals surface area (Å²) in [6.07, 6.45) is 11.6. The van der Waals surface area contributed by atoms with E-state index >= 15 is 0 Å². The van der Waals surface area contributed by atoms with Gasteiger partial charge in [0.2, 0.25) is 49.7 Å². The number of piperidine rings is 1. The molecule has 1 aliphatic carbocycles. The second kappa shape index (κ2) is 47.1. The van der Waals surface area contributed by atoms with Crippen LogP contribution < -0.4 is 98.5 Å². The monoisotopic (exact) mass is 2080 g/mol. The molecular weight excluding hydrogens is 1970 g/mol. The summed E-state index contributed by atoms with van der Waals surface area (Å²) in [7, 11) is -11.2. The highest BCUT2D eigenvalue weighted by Crippen LogP contribution is 2.44. The number of primary amides is 1. The molecule has 1 amide bonds. The maximum absolute atomic E-state index is 13.0. The second-order valence-electron chi connectivity index (χ2n) is 33.6. The Morgan fingerprint density at radius 1 is 0.486 bits per heavy atom. The third-order valence-corrected chi connectivity index (χ3v) is 32.4. The number of anilines is 15. The van der Waals surface area contributed by atoms with Gasteiger partial charge in [-0.3, -0.25) is 14.3 Å². The van der Waals surface area contributed by atoms with Gasteiger partial charge in [0.1, 0.15) is 69.4 Å². The Labute approximate surface area is 822 Å². The number of halogens is 4. The van der Waals surface area contributed by atoms with Crippen LogP contribution in [0.1, 0.15) is 44.1 Å². The van der Waals surface area contributed by atoms with E-state index in [-0.39, 0.29) is 78.0 Å². The molecule has 0 radical (unpaired) electrons. The summed E-state index contributed by atoms with van der Waals surface area (Å²) in [5, 5.41) is 33.2. The predicted octanol–water partition coefficient (Wildman–Crippen LogP) is 14.5. The van der Waals surface area contributed by atoms with Crippen LogP contribution in [0.4, 0.5) is 86.9 Å². The molecule has 4 aliphatic rings. The third kappa shape index (κ3) is 28.6. The number of ether oxygens (including phenoxy) is 5. The van der Waals surface area contributed by atoms with Crippen LogP contribution in [0.5, 0.6) is 23.0 Å². The van der Waals surface area contributed by atoms with E-state index in [4.69, 9.17) is 81.0 Å². The molecule has 11 aromatic rings. The van der Waals surface area contributed by atoms with Crippen molar-refractivity contribution < 1.29 is 73.4 Å². The van der Waals surface area contributed by atoms with E-state index in [0.29, 0.717) is 134 Å². The molecule has 3 saturated heterocycles. The van der Waals surface area contributed by atoms with Gasteiger partial charge < -0.3 is 105 Å². The SMILES string of the molecule is COc1cc(N2CCC(N3CCN(C)CC3)CC2)ccc1Nc1ncc(Cl)c(NCc2ccccc2P(=O)(O)O)n1.COc1cc(P(C)(C)=O)ccc1Nc1ncc(Cl)c(NC2CCCCC2C(N)=O)n1.COc1cc(P(C)(C)=O)ccc1Nc1ncc(Cl)c(Nc2ccccc2S(N)(=O)=O)n1.COc1cc(S(=O)(=O)N2CCOCC2)ccc1Nc1ncc(Cl)c(Nc2ccccc2P(C)(C)=O)n1. The van der Waals surface area contributed by atoms with Gasteiger partial charge in [-0.1, -0.05) is 102 Å². The van der Waals surface area contributed by atoms with Crippen molar-refractivity contribution >= 4 is 209 Å². The molecule has 48 heteroatoms. The van der Waals surface area contributed by atoms with Crippen molar-refractivity contribution in [3.63, 3.8) is 0 Å². The Morgan fingerprint density at radius 3 is 1.42 bits per heavy atom. The summed E-state index contributed by atoms with van der Waals surface area (Å²) in [4.78, 5) is 73.2. The lowest BCUT2D eigenvalue weighted by molar-refractivity contribution is -0.123. The van der Waals surface area contributed by atoms with Gasteiger partial charge in [-0.15, -0.1) is 0 Å². The van der Waals surface area contributed by atoms with Gasteiger partial charge in [-0.2, -0.15) is 24.2 Å². The number of rotatable bonds is 31. The van der Waals surface area contributed by atoms with Crippen molar-refractivity contribution in [1.29, 1.82) is 0 Å². The quantitative estimate of drug-likeness (QED) is 0.0180. The molecule has 0 bridgehead atoms. The number of hydrogen-bond acceptors (Lipinski definition) is 33. The average Bonchev–Trinajstić information content (AvgIpc) is 0.786. The predicted molar refractivity (Wildman–Crippen MR) is 549 cm³/mol. The number of aromatic nitrogens is 8. The average molecular weight is 2090 g/mol. The first-order valence-electron chi connectivity index (χ1n) is 43.5. The maximum atomic E-state index is 13.0. The van der Waals surface area contributed by atoms with Crippen LogP contribution in [0.2, 0.25) is 20.1 Å². The van der Waals surface area contributed by atoms with Crippen molar-refractivity contribution in [2.45, 2.75) is 66.9 Å². The Morgan fingerprint density at radius 2 is 0.920 bits per heavy atom. The van der Waals surface area contributed by atoms with Gasteiger partial charge in [-0.25, -0.2) is 41.9 Å². The molecule has 38 nitrogen and oxygen atoms in total. The number of likely N-dealkylation sites (N-methyl/N-ethyl adjacent to an activating group) is 1. The normalized spacial score (nSPS) is 15.9. The number of sulfonamides is 2. The maximum Gasteiger partial charge on any atom is 0.356 e. The Balaban J connectivity index is 0.000000166. The number of nitrogens with one attached hydrogen (secondary N) is 8. The summed E-state index contributed by atoms with van der Waals surface area (Å²) < 4.78 is 128. The lowest BCUT2D eigenvalue weighted by Crippen LogP contribution is -2.52. The molecular formula is C90H112Cl4N22O16P4S2. The van der Waals surface area contributed by atoms with Crippen molar-refractivity contribution in [2.75, 3.05) is 188 Å². The van der Waals surface area contributed by atoms with E-state index in [1.807, 2.05) is 24.3 Å². The lowest BCUT2D eigenvalue weighted by Gasteiger charge is -2.42. The van der Waals surface area contributed by atoms with Gasteiger partial charge in [0.25, 0.3) is 0 Å². The highest BCUT2D eigenvalue weighted by atomic mass is 35.5. The first kappa shape index (κ1) is 106. The van der Waals surface area contributed by atoms with Gasteiger partial charge in [0, 0.05) is 105 Å². The van der Waals surface area contributed by atoms with Crippen LogP contribution in [0.3, 0.4) is 0 Å². The number of methoxy groups -OCH3 is 4. The van der Waals surface area contributed by atoms with E-state index in [0.717, 1.165) is 88.8 Å². The second-order valence-corrected chi connectivity index (χ2v) is 49.9. The molecule has 0 spiro atoms. The molecule has 15 rings (SSSR count). The highest BCUT2D eigenvalue weighted by molar-refractivity contribution is 7.89. The zero-order valence-corrected chi connectivity index (χ0v) is 85.9. The molecule has 138 heavy (non-hydrogen) atoms. The number of amides is 1. The standard InChI is InChI=1S/C28H37ClN7O4P.C23H27ClN5O5PS.C20H27ClN5O3P.C19H21ClN5O4PS/c1-34-13-15-36(16-14-34)21-9-11-35(12-10-21)22-7-8-24(25(17-22)40-2)32-28-31-19-23(29)27(33-28)30-18-20-5-3-4-6-26(20)41(37,38)39;1-33-20-14-16(36(31,32)29-10-12-34-13-11-29)8-9-18(20)27-23-25-15-17(24)22(28-23)26-19-6-4-5-7-21(19)35(2,3)30;1-29-17-10-12(30(2,3)28)8-9-16(17)25-20-23-11-14(21)19(26-20)24-15-7-5-4-6-13(15)18(22)27;1-29-16-10-12(30(2,3)26)8-9-14(16)24-19-22-11-13(20)18(25-19)23-15-6-4-5-7-17(15)31(21,27)28/h3-8,17,19,21H,9-16,18H2,1-2H3,(H2,37,38,39)(H2,30,31,32,33);4-9,14-15H,10-13H2,1-3H3,(H2,25,26,27,28);8-11,13,15H,4-7H2,1-3H3,(H2,22,27)(H2,23,24,25,26);4-11H,1-3H3,(H2,21,27,28)(H2,22,23,24,25). The fourth-order valence-electron chi connectivity index (χ4n) is 15.4. The zero-order valence-electron chi connectivity index (χ0n) is 77.7. The Bertz CT molecular complexity index is 6620. The van der Waals surface area contributed by atoms with E-state index in [9.17, 15) is 49.7 Å². The van der Waals surface area contributed by atoms with Crippen LogP contribution in [-0.4, -0.2) is 240 Å². The Hall–Kier alpha value is -10.6. The number of piperazine rings is 1. The molecule has 2 unspecified atom stereocenters. The molecule has 7 aromatic carbocycles. The van der Waals surface area contributed by atoms with Crippen molar-refractivity contribution in [3.05, 3.63) is 196 Å². The van der Waals surface area contributed by atoms with E-state index < -0.39 is 49.1 Å². The van der Waals surface area contributed by atoms with Crippen molar-refractivity contribution in [1.82, 2.24) is 54.0 Å². The fraction of sp³-hybridized carbons (Fsp3) is 0.344. The van der Waals surface area contributed by atoms with Gasteiger partial charge in [0.15, 0.2) is 23.3 Å². The smallest absolute Gasteiger partial charge is 0.356 e. The van der Waals surface area contributed by atoms with E-state index in [2.05, 4.69) is 110 Å². The molecule has 14 N–H and O–H groups in total. The third-order valence-electron chi connectivity index (χ3n) is 22.8. The van der Waals surface area contributed by atoms with Crippen LogP contribution in [-0.2, 0) is 54.4 Å². The fourth-order valence-corrected chi connectivity index (χ4v) is 21.8. The minimum Gasteiger partial charge on any atom is -0.495 e. The largest absolute Gasteiger partial charge is 0.495 e. The molecule has 7 heterocycles. The number of para-hydroxylation sites is 2. The summed E-state index contributed by atoms with van der Waals surface area (Å²) in [6.45, 7) is 18.2. The summed E-state index contributed by atoms with van der Waals surface area (Å²) in [6, 6.07) is 41.4.